The van der Waals surface area contributed by atoms with Gasteiger partial charge in [-0.1, -0.05) is 6.42 Å². The monoisotopic (exact) mass is 348 g/mol. The second-order valence-corrected chi connectivity index (χ2v) is 7.18. The average Bonchev–Trinajstić information content (AvgIpc) is 2.82. The molecule has 0 radical (unpaired) electrons. The van der Waals surface area contributed by atoms with E-state index in [4.69, 9.17) is 4.74 Å². The van der Waals surface area contributed by atoms with Gasteiger partial charge in [-0.15, -0.1) is 0 Å². The molecule has 0 N–H and O–H groups in total. The maximum atomic E-state index is 12.5. The van der Waals surface area contributed by atoms with Crippen LogP contribution < -0.4 is 4.90 Å². The standard InChI is InChI=1S/C17H24N4O2S/c1-4-23-17(22)14-9-18-16-13(10-19-20(16)2)15(14)21-8-6-5-7-12(11-21)24-3/h9-10,12H,4-8,11H2,1-3H3. The number of thioether (sulfide) groups is 1. The van der Waals surface area contributed by atoms with E-state index in [9.17, 15) is 4.79 Å². The van der Waals surface area contributed by atoms with E-state index >= 15 is 0 Å². The van der Waals surface area contributed by atoms with Crippen LogP contribution in [0.3, 0.4) is 0 Å². The highest BCUT2D eigenvalue weighted by Gasteiger charge is 2.26. The summed E-state index contributed by atoms with van der Waals surface area (Å²) in [5.74, 6) is -0.310. The van der Waals surface area contributed by atoms with Crippen LogP contribution in [0.15, 0.2) is 12.4 Å². The van der Waals surface area contributed by atoms with E-state index in [1.54, 1.807) is 17.1 Å². The van der Waals surface area contributed by atoms with E-state index in [2.05, 4.69) is 21.2 Å². The Morgan fingerprint density at radius 1 is 1.42 bits per heavy atom. The summed E-state index contributed by atoms with van der Waals surface area (Å²) in [4.78, 5) is 19.2. The van der Waals surface area contributed by atoms with Crippen molar-refractivity contribution in [3.63, 3.8) is 0 Å². The molecule has 7 heteroatoms. The number of aryl methyl sites for hydroxylation is 1. The van der Waals surface area contributed by atoms with Crippen LogP contribution >= 0.6 is 11.8 Å². The van der Waals surface area contributed by atoms with Gasteiger partial charge in [0.1, 0.15) is 5.56 Å². The Morgan fingerprint density at radius 3 is 3.00 bits per heavy atom. The Bertz CT molecular complexity index is 731. The molecule has 1 aliphatic heterocycles. The van der Waals surface area contributed by atoms with E-state index in [-0.39, 0.29) is 5.97 Å². The number of ether oxygens (including phenoxy) is 1. The van der Waals surface area contributed by atoms with Gasteiger partial charge in [-0.3, -0.25) is 4.68 Å². The lowest BCUT2D eigenvalue weighted by Gasteiger charge is -2.27. The Kier molecular flexibility index (Phi) is 5.28. The van der Waals surface area contributed by atoms with Gasteiger partial charge in [0.25, 0.3) is 0 Å². The third kappa shape index (κ3) is 3.22. The zero-order valence-electron chi connectivity index (χ0n) is 14.5. The predicted octanol–water partition coefficient (Wildman–Crippen LogP) is 2.87. The first-order chi connectivity index (χ1) is 11.7. The zero-order chi connectivity index (χ0) is 17.1. The molecule has 6 nitrogen and oxygen atoms in total. The first-order valence-corrected chi connectivity index (χ1v) is 9.70. The number of carbonyl (C=O) groups excluding carboxylic acids is 1. The van der Waals surface area contributed by atoms with Gasteiger partial charge >= 0.3 is 5.97 Å². The van der Waals surface area contributed by atoms with Crippen LogP contribution in [-0.2, 0) is 11.8 Å². The molecule has 130 valence electrons. The Morgan fingerprint density at radius 2 is 2.25 bits per heavy atom. The van der Waals surface area contributed by atoms with Crippen molar-refractivity contribution in [2.45, 2.75) is 31.4 Å². The van der Waals surface area contributed by atoms with Gasteiger partial charge in [0, 0.05) is 31.6 Å². The SMILES string of the molecule is CCOC(=O)c1cnc2c(cnn2C)c1N1CCCCC(SC)C1. The molecule has 2 aromatic rings. The van der Waals surface area contributed by atoms with Gasteiger partial charge < -0.3 is 9.64 Å². The number of rotatable bonds is 4. The highest BCUT2D eigenvalue weighted by Crippen LogP contribution is 2.33. The molecule has 24 heavy (non-hydrogen) atoms. The lowest BCUT2D eigenvalue weighted by atomic mass is 10.1. The molecule has 3 rings (SSSR count). The van der Waals surface area contributed by atoms with Crippen molar-refractivity contribution in [1.29, 1.82) is 0 Å². The minimum absolute atomic E-state index is 0.310. The molecule has 0 saturated carbocycles. The fourth-order valence-electron chi connectivity index (χ4n) is 3.28. The Hall–Kier alpha value is -1.76. The van der Waals surface area contributed by atoms with Gasteiger partial charge in [-0.05, 0) is 26.0 Å². The van der Waals surface area contributed by atoms with Crippen LogP contribution in [0.25, 0.3) is 11.0 Å². The van der Waals surface area contributed by atoms with E-state index in [1.807, 2.05) is 25.7 Å². The van der Waals surface area contributed by atoms with Crippen LogP contribution in [0.1, 0.15) is 36.5 Å². The number of carbonyl (C=O) groups is 1. The Labute approximate surface area is 146 Å². The molecule has 0 amide bonds. The van der Waals surface area contributed by atoms with Crippen molar-refractivity contribution >= 4 is 34.5 Å². The van der Waals surface area contributed by atoms with Crippen LogP contribution in [0.2, 0.25) is 0 Å². The lowest BCUT2D eigenvalue weighted by molar-refractivity contribution is 0.0527. The molecule has 0 aromatic carbocycles. The summed E-state index contributed by atoms with van der Waals surface area (Å²) >= 11 is 1.90. The fourth-order valence-corrected chi connectivity index (χ4v) is 4.01. The molecular weight excluding hydrogens is 324 g/mol. The van der Waals surface area contributed by atoms with Gasteiger partial charge in [-0.2, -0.15) is 16.9 Å². The topological polar surface area (TPSA) is 60.2 Å². The minimum atomic E-state index is -0.310. The summed E-state index contributed by atoms with van der Waals surface area (Å²) in [5, 5.41) is 5.82. The third-order valence-corrected chi connectivity index (χ3v) is 5.56. The first-order valence-electron chi connectivity index (χ1n) is 8.41. The van der Waals surface area contributed by atoms with Crippen LogP contribution in [0, 0.1) is 0 Å². The number of hydrogen-bond donors (Lipinski definition) is 0. The van der Waals surface area contributed by atoms with E-state index in [1.165, 1.54) is 12.8 Å². The van der Waals surface area contributed by atoms with Crippen LogP contribution in [0.4, 0.5) is 5.69 Å². The maximum absolute atomic E-state index is 12.5. The summed E-state index contributed by atoms with van der Waals surface area (Å²) in [6, 6.07) is 0. The number of hydrogen-bond acceptors (Lipinski definition) is 6. The summed E-state index contributed by atoms with van der Waals surface area (Å²) in [5.41, 5.74) is 2.26. The van der Waals surface area contributed by atoms with Crippen molar-refractivity contribution in [1.82, 2.24) is 14.8 Å². The van der Waals surface area contributed by atoms with Crippen molar-refractivity contribution < 1.29 is 9.53 Å². The molecule has 3 heterocycles. The predicted molar refractivity (Wildman–Crippen MR) is 97.8 cm³/mol. The normalized spacial score (nSPS) is 18.6. The van der Waals surface area contributed by atoms with Crippen molar-refractivity contribution in [3.8, 4) is 0 Å². The molecule has 1 aliphatic rings. The van der Waals surface area contributed by atoms with E-state index in [0.29, 0.717) is 17.4 Å². The number of aromatic nitrogens is 3. The summed E-state index contributed by atoms with van der Waals surface area (Å²) in [6.07, 6.45) is 9.16. The van der Waals surface area contributed by atoms with Crippen molar-refractivity contribution in [2.75, 3.05) is 30.9 Å². The molecule has 0 bridgehead atoms. The van der Waals surface area contributed by atoms with E-state index < -0.39 is 0 Å². The number of fused-ring (bicyclic) bond motifs is 1. The highest BCUT2D eigenvalue weighted by molar-refractivity contribution is 7.99. The number of pyridine rings is 1. The van der Waals surface area contributed by atoms with Crippen molar-refractivity contribution in [2.24, 2.45) is 7.05 Å². The third-order valence-electron chi connectivity index (χ3n) is 4.51. The van der Waals surface area contributed by atoms with Crippen molar-refractivity contribution in [3.05, 3.63) is 18.0 Å². The van der Waals surface area contributed by atoms with Gasteiger partial charge in [0.15, 0.2) is 5.65 Å². The van der Waals surface area contributed by atoms with Gasteiger partial charge in [0.05, 0.1) is 23.9 Å². The van der Waals surface area contributed by atoms with E-state index in [0.717, 1.165) is 36.2 Å². The molecular formula is C17H24N4O2S. The largest absolute Gasteiger partial charge is 0.462 e. The molecule has 0 aliphatic carbocycles. The molecule has 1 unspecified atom stereocenters. The molecule has 0 spiro atoms. The molecule has 1 fully saturated rings. The first kappa shape index (κ1) is 17.1. The molecule has 1 atom stereocenters. The lowest BCUT2D eigenvalue weighted by Crippen LogP contribution is -2.31. The number of esters is 1. The van der Waals surface area contributed by atoms with Crippen LogP contribution in [-0.4, -0.2) is 51.9 Å². The number of nitrogens with zero attached hydrogens (tertiary/aromatic N) is 4. The summed E-state index contributed by atoms with van der Waals surface area (Å²) in [6.45, 7) is 4.05. The Balaban J connectivity index is 2.11. The van der Waals surface area contributed by atoms with Gasteiger partial charge in [0.2, 0.25) is 0 Å². The van der Waals surface area contributed by atoms with Crippen LogP contribution in [0.5, 0.6) is 0 Å². The maximum Gasteiger partial charge on any atom is 0.341 e. The van der Waals surface area contributed by atoms with Gasteiger partial charge in [-0.25, -0.2) is 9.78 Å². The second-order valence-electron chi connectivity index (χ2n) is 6.05. The highest BCUT2D eigenvalue weighted by atomic mass is 32.2. The average molecular weight is 348 g/mol. The number of anilines is 1. The minimum Gasteiger partial charge on any atom is -0.462 e. The second kappa shape index (κ2) is 7.42. The fraction of sp³-hybridized carbons (Fsp3) is 0.588. The quantitative estimate of drug-likeness (QED) is 0.792. The molecule has 1 saturated heterocycles. The summed E-state index contributed by atoms with van der Waals surface area (Å²) < 4.78 is 7.01. The zero-order valence-corrected chi connectivity index (χ0v) is 15.3. The summed E-state index contributed by atoms with van der Waals surface area (Å²) in [7, 11) is 1.87. The molecule has 2 aromatic heterocycles. The smallest absolute Gasteiger partial charge is 0.341 e.